The molecule has 24 heavy (non-hydrogen) atoms. The number of ether oxygens (including phenoxy) is 1. The van der Waals surface area contributed by atoms with Gasteiger partial charge in [-0.3, -0.25) is 9.59 Å². The van der Waals surface area contributed by atoms with Crippen LogP contribution in [0.4, 0.5) is 0 Å². The lowest BCUT2D eigenvalue weighted by atomic mass is 10.1. The molecule has 2 aromatic carbocycles. The smallest absolute Gasteiger partial charge is 0.220 e. The van der Waals surface area contributed by atoms with Gasteiger partial charge in [-0.1, -0.05) is 23.7 Å². The number of carbonyl (C=O) groups is 2. The predicted octanol–water partition coefficient (Wildman–Crippen LogP) is 4.02. The van der Waals surface area contributed by atoms with E-state index in [2.05, 4.69) is 5.32 Å². The van der Waals surface area contributed by atoms with Crippen LogP contribution in [-0.2, 0) is 11.3 Å². The van der Waals surface area contributed by atoms with E-state index in [1.807, 2.05) is 19.1 Å². The number of halogens is 1. The standard InChI is InChI=1S/C19H20ClNO3/c1-2-24-17-8-6-15(7-9-17)18(22)10-11-19(23)21-13-14-4-3-5-16(20)12-14/h3-9,12H,2,10-11,13H2,1H3,(H,21,23). The Morgan fingerprint density at radius 2 is 1.83 bits per heavy atom. The second kappa shape index (κ2) is 9.08. The molecule has 0 bridgehead atoms. The van der Waals surface area contributed by atoms with Crippen LogP contribution in [0.3, 0.4) is 0 Å². The molecule has 0 fully saturated rings. The Hall–Kier alpha value is -2.33. The second-order valence-corrected chi connectivity index (χ2v) is 5.72. The highest BCUT2D eigenvalue weighted by molar-refractivity contribution is 6.30. The molecule has 0 atom stereocenters. The van der Waals surface area contributed by atoms with Crippen molar-refractivity contribution in [1.29, 1.82) is 0 Å². The van der Waals surface area contributed by atoms with Crippen molar-refractivity contribution < 1.29 is 14.3 Å². The number of ketones is 1. The van der Waals surface area contributed by atoms with Gasteiger partial charge in [0.1, 0.15) is 5.75 Å². The predicted molar refractivity (Wildman–Crippen MR) is 94.5 cm³/mol. The summed E-state index contributed by atoms with van der Waals surface area (Å²) >= 11 is 5.90. The molecule has 126 valence electrons. The van der Waals surface area contributed by atoms with Gasteiger partial charge in [0.2, 0.25) is 5.91 Å². The number of rotatable bonds is 8. The van der Waals surface area contributed by atoms with E-state index in [-0.39, 0.29) is 24.5 Å². The molecule has 0 heterocycles. The quantitative estimate of drug-likeness (QED) is 0.735. The van der Waals surface area contributed by atoms with Gasteiger partial charge < -0.3 is 10.1 Å². The topological polar surface area (TPSA) is 55.4 Å². The van der Waals surface area contributed by atoms with Crippen molar-refractivity contribution in [3.05, 3.63) is 64.7 Å². The van der Waals surface area contributed by atoms with E-state index in [1.165, 1.54) is 0 Å². The average Bonchev–Trinajstić information content (AvgIpc) is 2.59. The fraction of sp³-hybridized carbons (Fsp3) is 0.263. The molecule has 0 radical (unpaired) electrons. The first-order valence-corrected chi connectivity index (χ1v) is 8.23. The summed E-state index contributed by atoms with van der Waals surface area (Å²) in [6.07, 6.45) is 0.335. The van der Waals surface area contributed by atoms with E-state index in [1.54, 1.807) is 36.4 Å². The van der Waals surface area contributed by atoms with Gasteiger partial charge >= 0.3 is 0 Å². The number of carbonyl (C=O) groups excluding carboxylic acids is 2. The Balaban J connectivity index is 1.77. The molecule has 0 aromatic heterocycles. The summed E-state index contributed by atoms with van der Waals surface area (Å²) < 4.78 is 5.34. The van der Waals surface area contributed by atoms with Crippen LogP contribution in [0.2, 0.25) is 5.02 Å². The minimum absolute atomic E-state index is 0.0593. The third-order valence-corrected chi connectivity index (χ3v) is 3.68. The van der Waals surface area contributed by atoms with Crippen LogP contribution in [0.5, 0.6) is 5.75 Å². The fourth-order valence-corrected chi connectivity index (χ4v) is 2.42. The summed E-state index contributed by atoms with van der Waals surface area (Å²) in [7, 11) is 0. The summed E-state index contributed by atoms with van der Waals surface area (Å²) in [4.78, 5) is 24.0. The molecule has 0 aliphatic carbocycles. The van der Waals surface area contributed by atoms with Gasteiger partial charge in [-0.15, -0.1) is 0 Å². The molecule has 0 saturated heterocycles. The van der Waals surface area contributed by atoms with Crippen molar-refractivity contribution in [2.45, 2.75) is 26.3 Å². The van der Waals surface area contributed by atoms with E-state index >= 15 is 0 Å². The van der Waals surface area contributed by atoms with Crippen molar-refractivity contribution in [3.8, 4) is 5.75 Å². The summed E-state index contributed by atoms with van der Waals surface area (Å²) in [5.74, 6) is 0.513. The zero-order valence-electron chi connectivity index (χ0n) is 13.5. The summed E-state index contributed by atoms with van der Waals surface area (Å²) in [6, 6.07) is 14.3. The maximum Gasteiger partial charge on any atom is 0.220 e. The van der Waals surface area contributed by atoms with Crippen LogP contribution in [0.25, 0.3) is 0 Å². The van der Waals surface area contributed by atoms with Gasteiger partial charge in [0.25, 0.3) is 0 Å². The highest BCUT2D eigenvalue weighted by Gasteiger charge is 2.09. The molecule has 0 aliphatic rings. The van der Waals surface area contributed by atoms with Crippen LogP contribution in [0.1, 0.15) is 35.7 Å². The highest BCUT2D eigenvalue weighted by atomic mass is 35.5. The highest BCUT2D eigenvalue weighted by Crippen LogP contribution is 2.14. The molecule has 1 amide bonds. The molecule has 0 spiro atoms. The van der Waals surface area contributed by atoms with E-state index < -0.39 is 0 Å². The third-order valence-electron chi connectivity index (χ3n) is 3.45. The Bertz CT molecular complexity index is 698. The van der Waals surface area contributed by atoms with Gasteiger partial charge in [-0.2, -0.15) is 0 Å². The lowest BCUT2D eigenvalue weighted by molar-refractivity contribution is -0.121. The largest absolute Gasteiger partial charge is 0.494 e. The van der Waals surface area contributed by atoms with Crippen LogP contribution in [0.15, 0.2) is 48.5 Å². The van der Waals surface area contributed by atoms with Crippen molar-refractivity contribution in [1.82, 2.24) is 5.32 Å². The maximum atomic E-state index is 12.1. The summed E-state index contributed by atoms with van der Waals surface area (Å²) in [5, 5.41) is 3.42. The van der Waals surface area contributed by atoms with Gasteiger partial charge in [-0.05, 0) is 48.9 Å². The number of nitrogens with one attached hydrogen (secondary N) is 1. The number of hydrogen-bond donors (Lipinski definition) is 1. The van der Waals surface area contributed by atoms with Gasteiger partial charge in [0.05, 0.1) is 6.61 Å². The van der Waals surface area contributed by atoms with Crippen molar-refractivity contribution >= 4 is 23.3 Å². The molecule has 4 nitrogen and oxygen atoms in total. The Morgan fingerprint density at radius 3 is 2.50 bits per heavy atom. The second-order valence-electron chi connectivity index (χ2n) is 5.29. The molecule has 2 aromatic rings. The van der Waals surface area contributed by atoms with E-state index in [0.29, 0.717) is 23.7 Å². The first kappa shape index (κ1) is 18.0. The summed E-state index contributed by atoms with van der Waals surface area (Å²) in [5.41, 5.74) is 1.51. The molecule has 2 rings (SSSR count). The Morgan fingerprint density at radius 1 is 1.08 bits per heavy atom. The Kier molecular flexibility index (Phi) is 6.82. The molecule has 1 N–H and O–H groups in total. The Labute approximate surface area is 146 Å². The van der Waals surface area contributed by atoms with Crippen LogP contribution >= 0.6 is 11.6 Å². The number of Topliss-reactive ketones (excluding diaryl/α,β-unsaturated/α-hetero) is 1. The number of benzene rings is 2. The molecular weight excluding hydrogens is 326 g/mol. The van der Waals surface area contributed by atoms with Crippen molar-refractivity contribution in [2.75, 3.05) is 6.61 Å². The zero-order chi connectivity index (χ0) is 17.4. The monoisotopic (exact) mass is 345 g/mol. The fourth-order valence-electron chi connectivity index (χ4n) is 2.21. The van der Waals surface area contributed by atoms with Crippen LogP contribution < -0.4 is 10.1 Å². The average molecular weight is 346 g/mol. The zero-order valence-corrected chi connectivity index (χ0v) is 14.3. The van der Waals surface area contributed by atoms with Crippen molar-refractivity contribution in [2.24, 2.45) is 0 Å². The minimum Gasteiger partial charge on any atom is -0.494 e. The van der Waals surface area contributed by atoms with Gasteiger partial charge in [0.15, 0.2) is 5.78 Å². The van der Waals surface area contributed by atoms with Crippen molar-refractivity contribution in [3.63, 3.8) is 0 Å². The summed E-state index contributed by atoms with van der Waals surface area (Å²) in [6.45, 7) is 2.89. The molecule has 0 saturated carbocycles. The lowest BCUT2D eigenvalue weighted by Gasteiger charge is -2.06. The van der Waals surface area contributed by atoms with Crippen LogP contribution in [-0.4, -0.2) is 18.3 Å². The van der Waals surface area contributed by atoms with E-state index in [0.717, 1.165) is 11.3 Å². The molecule has 5 heteroatoms. The van der Waals surface area contributed by atoms with E-state index in [9.17, 15) is 9.59 Å². The van der Waals surface area contributed by atoms with Gasteiger partial charge in [0, 0.05) is 30.0 Å². The lowest BCUT2D eigenvalue weighted by Crippen LogP contribution is -2.23. The van der Waals surface area contributed by atoms with Gasteiger partial charge in [-0.25, -0.2) is 0 Å². The minimum atomic E-state index is -0.158. The molecule has 0 aliphatic heterocycles. The number of amides is 1. The van der Waals surface area contributed by atoms with E-state index in [4.69, 9.17) is 16.3 Å². The first-order valence-electron chi connectivity index (χ1n) is 7.85. The maximum absolute atomic E-state index is 12.1. The number of hydrogen-bond acceptors (Lipinski definition) is 3. The molecular formula is C19H20ClNO3. The SMILES string of the molecule is CCOc1ccc(C(=O)CCC(=O)NCc2cccc(Cl)c2)cc1. The molecule has 0 unspecified atom stereocenters. The normalized spacial score (nSPS) is 10.2. The third kappa shape index (κ3) is 5.70. The first-order chi connectivity index (χ1) is 11.6. The van der Waals surface area contributed by atoms with Crippen LogP contribution in [0, 0.1) is 0 Å².